The van der Waals surface area contributed by atoms with E-state index in [1.807, 2.05) is 53.6 Å². The van der Waals surface area contributed by atoms with Crippen LogP contribution in [0.4, 0.5) is 0 Å². The van der Waals surface area contributed by atoms with E-state index in [0.717, 1.165) is 29.0 Å². The van der Waals surface area contributed by atoms with Crippen molar-refractivity contribution in [2.75, 3.05) is 6.54 Å². The molecule has 1 atom stereocenters. The number of fused-ring (bicyclic) bond motifs is 2. The summed E-state index contributed by atoms with van der Waals surface area (Å²) in [4.78, 5) is 18.1. The first kappa shape index (κ1) is 16.7. The highest BCUT2D eigenvalue weighted by Crippen LogP contribution is 2.25. The molecule has 2 aromatic carbocycles. The highest BCUT2D eigenvalue weighted by Gasteiger charge is 2.29. The maximum Gasteiger partial charge on any atom is 0.254 e. The summed E-state index contributed by atoms with van der Waals surface area (Å²) in [5.74, 6) is 1.84. The molecule has 1 aliphatic heterocycles. The first-order chi connectivity index (χ1) is 13.7. The Morgan fingerprint density at radius 3 is 2.86 bits per heavy atom. The van der Waals surface area contributed by atoms with Gasteiger partial charge in [-0.25, -0.2) is 0 Å². The van der Waals surface area contributed by atoms with Gasteiger partial charge in [0.25, 0.3) is 5.91 Å². The monoisotopic (exact) mass is 371 g/mol. The largest absolute Gasteiger partial charge is 0.361 e. The standard InChI is InChI=1S/C22H21N5O/c1-15-13-26(22(28)18-7-8-19-17(12-18)9-10-23-19)14-21-25-24-20(27(15)21)11-16-5-3-2-4-6-16/h2-10,12,15,23H,11,13-14H2,1H3/t15-/m0/s1. The normalized spacial score (nSPS) is 16.3. The number of benzene rings is 2. The van der Waals surface area contributed by atoms with Gasteiger partial charge in [0.1, 0.15) is 5.82 Å². The molecule has 5 rings (SSSR count). The predicted octanol–water partition coefficient (Wildman–Crippen LogP) is 3.57. The van der Waals surface area contributed by atoms with Gasteiger partial charge >= 0.3 is 0 Å². The summed E-state index contributed by atoms with van der Waals surface area (Å²) in [6.45, 7) is 3.25. The number of nitrogens with zero attached hydrogens (tertiary/aromatic N) is 4. The molecule has 0 saturated carbocycles. The van der Waals surface area contributed by atoms with Crippen molar-refractivity contribution in [3.05, 3.63) is 83.6 Å². The number of H-pyrrole nitrogens is 1. The molecule has 0 unspecified atom stereocenters. The van der Waals surface area contributed by atoms with Crippen LogP contribution in [0.15, 0.2) is 60.8 Å². The third-order valence-corrected chi connectivity index (χ3v) is 5.39. The molecule has 1 amide bonds. The lowest BCUT2D eigenvalue weighted by Gasteiger charge is -2.32. The minimum Gasteiger partial charge on any atom is -0.361 e. The van der Waals surface area contributed by atoms with Crippen LogP contribution >= 0.6 is 0 Å². The Kier molecular flexibility index (Phi) is 3.97. The molecule has 0 aliphatic carbocycles. The van der Waals surface area contributed by atoms with Crippen LogP contribution in [-0.2, 0) is 13.0 Å². The Hall–Kier alpha value is -3.41. The van der Waals surface area contributed by atoms with E-state index in [9.17, 15) is 4.79 Å². The number of aromatic nitrogens is 4. The van der Waals surface area contributed by atoms with Crippen molar-refractivity contribution in [3.63, 3.8) is 0 Å². The molecule has 2 aromatic heterocycles. The summed E-state index contributed by atoms with van der Waals surface area (Å²) in [5, 5.41) is 9.85. The number of carbonyl (C=O) groups excluding carboxylic acids is 1. The fourth-order valence-electron chi connectivity index (χ4n) is 4.04. The fourth-order valence-corrected chi connectivity index (χ4v) is 4.04. The summed E-state index contributed by atoms with van der Waals surface area (Å²) >= 11 is 0. The van der Waals surface area contributed by atoms with E-state index < -0.39 is 0 Å². The van der Waals surface area contributed by atoms with Gasteiger partial charge in [-0.05, 0) is 36.8 Å². The van der Waals surface area contributed by atoms with Crippen molar-refractivity contribution >= 4 is 16.8 Å². The smallest absolute Gasteiger partial charge is 0.254 e. The zero-order valence-electron chi connectivity index (χ0n) is 15.7. The second kappa shape index (κ2) is 6.64. The van der Waals surface area contributed by atoms with Gasteiger partial charge < -0.3 is 14.5 Å². The van der Waals surface area contributed by atoms with Crippen molar-refractivity contribution in [3.8, 4) is 0 Å². The van der Waals surface area contributed by atoms with E-state index >= 15 is 0 Å². The molecule has 0 radical (unpaired) electrons. The summed E-state index contributed by atoms with van der Waals surface area (Å²) in [6, 6.07) is 18.2. The third-order valence-electron chi connectivity index (χ3n) is 5.39. The van der Waals surface area contributed by atoms with Crippen LogP contribution in [0.5, 0.6) is 0 Å². The molecule has 140 valence electrons. The van der Waals surface area contributed by atoms with Crippen LogP contribution in [0.1, 0.15) is 40.5 Å². The summed E-state index contributed by atoms with van der Waals surface area (Å²) in [5.41, 5.74) is 2.95. The number of hydrogen-bond acceptors (Lipinski definition) is 3. The molecule has 6 nitrogen and oxygen atoms in total. The van der Waals surface area contributed by atoms with Crippen LogP contribution in [0, 0.1) is 0 Å². The van der Waals surface area contributed by atoms with Crippen molar-refractivity contribution in [2.24, 2.45) is 0 Å². The van der Waals surface area contributed by atoms with Gasteiger partial charge in [0.15, 0.2) is 5.82 Å². The van der Waals surface area contributed by atoms with Gasteiger partial charge in [-0.3, -0.25) is 4.79 Å². The van der Waals surface area contributed by atoms with Crippen LogP contribution in [0.25, 0.3) is 10.9 Å². The molecule has 6 heteroatoms. The second-order valence-electron chi connectivity index (χ2n) is 7.38. The lowest BCUT2D eigenvalue weighted by molar-refractivity contribution is 0.0680. The van der Waals surface area contributed by atoms with Crippen molar-refractivity contribution in [1.82, 2.24) is 24.6 Å². The zero-order chi connectivity index (χ0) is 19.1. The van der Waals surface area contributed by atoms with Crippen LogP contribution in [-0.4, -0.2) is 37.1 Å². The summed E-state index contributed by atoms with van der Waals surface area (Å²) < 4.78 is 2.19. The Balaban J connectivity index is 1.40. The first-order valence-electron chi connectivity index (χ1n) is 9.52. The number of rotatable bonds is 3. The number of amides is 1. The molecule has 0 spiro atoms. The molecule has 4 aromatic rings. The highest BCUT2D eigenvalue weighted by atomic mass is 16.2. The van der Waals surface area contributed by atoms with E-state index in [1.165, 1.54) is 5.56 Å². The van der Waals surface area contributed by atoms with Gasteiger partial charge in [-0.1, -0.05) is 30.3 Å². The molecule has 0 saturated heterocycles. The maximum atomic E-state index is 13.1. The maximum absolute atomic E-state index is 13.1. The van der Waals surface area contributed by atoms with Crippen molar-refractivity contribution < 1.29 is 4.79 Å². The SMILES string of the molecule is C[C@H]1CN(C(=O)c2ccc3[nH]ccc3c2)Cc2nnc(Cc3ccccc3)n21. The summed E-state index contributed by atoms with van der Waals surface area (Å²) in [7, 11) is 0. The van der Waals surface area contributed by atoms with E-state index in [0.29, 0.717) is 18.7 Å². The van der Waals surface area contributed by atoms with Crippen molar-refractivity contribution in [2.45, 2.75) is 25.9 Å². The molecule has 28 heavy (non-hydrogen) atoms. The lowest BCUT2D eigenvalue weighted by atomic mass is 10.1. The zero-order valence-corrected chi connectivity index (χ0v) is 15.7. The van der Waals surface area contributed by atoms with Gasteiger partial charge in [0.2, 0.25) is 0 Å². The van der Waals surface area contributed by atoms with Crippen LogP contribution in [0.2, 0.25) is 0 Å². The minimum atomic E-state index is 0.0359. The Labute approximate surface area is 162 Å². The Morgan fingerprint density at radius 2 is 2.00 bits per heavy atom. The van der Waals surface area contributed by atoms with E-state index in [1.54, 1.807) is 0 Å². The van der Waals surface area contributed by atoms with Gasteiger partial charge in [-0.15, -0.1) is 10.2 Å². The van der Waals surface area contributed by atoms with Gasteiger partial charge in [0, 0.05) is 35.6 Å². The first-order valence-corrected chi connectivity index (χ1v) is 9.52. The van der Waals surface area contributed by atoms with E-state index in [-0.39, 0.29) is 11.9 Å². The molecule has 1 N–H and O–H groups in total. The third kappa shape index (κ3) is 2.87. The van der Waals surface area contributed by atoms with Gasteiger partial charge in [0.05, 0.1) is 12.6 Å². The molecule has 3 heterocycles. The highest BCUT2D eigenvalue weighted by molar-refractivity contribution is 5.98. The number of nitrogens with one attached hydrogen (secondary N) is 1. The average molecular weight is 371 g/mol. The second-order valence-corrected chi connectivity index (χ2v) is 7.38. The molecule has 0 bridgehead atoms. The predicted molar refractivity (Wildman–Crippen MR) is 107 cm³/mol. The summed E-state index contributed by atoms with van der Waals surface area (Å²) in [6.07, 6.45) is 2.63. The molecular weight excluding hydrogens is 350 g/mol. The molecule has 1 aliphatic rings. The minimum absolute atomic E-state index is 0.0359. The number of aromatic amines is 1. The van der Waals surface area contributed by atoms with Crippen LogP contribution in [0.3, 0.4) is 0 Å². The fraction of sp³-hybridized carbons (Fsp3) is 0.227. The quantitative estimate of drug-likeness (QED) is 0.599. The average Bonchev–Trinajstić information content (AvgIpc) is 3.35. The van der Waals surface area contributed by atoms with E-state index in [4.69, 9.17) is 0 Å². The molecular formula is C22H21N5O. The van der Waals surface area contributed by atoms with E-state index in [2.05, 4.69) is 38.8 Å². The number of hydrogen-bond donors (Lipinski definition) is 1. The van der Waals surface area contributed by atoms with Gasteiger partial charge in [-0.2, -0.15) is 0 Å². The topological polar surface area (TPSA) is 66.8 Å². The van der Waals surface area contributed by atoms with Crippen LogP contribution < -0.4 is 0 Å². The number of carbonyl (C=O) groups is 1. The van der Waals surface area contributed by atoms with Crippen molar-refractivity contribution in [1.29, 1.82) is 0 Å². The Morgan fingerprint density at radius 1 is 1.14 bits per heavy atom. The lowest BCUT2D eigenvalue weighted by Crippen LogP contribution is -2.40. The molecule has 0 fully saturated rings. The Bertz CT molecular complexity index is 1140.